The van der Waals surface area contributed by atoms with E-state index in [9.17, 15) is 15.0 Å². The van der Waals surface area contributed by atoms with E-state index < -0.39 is 23.2 Å². The molecule has 0 atom stereocenters. The molecule has 0 radical (unpaired) electrons. The second-order valence-corrected chi connectivity index (χ2v) is 3.40. The van der Waals surface area contributed by atoms with Gasteiger partial charge in [0, 0.05) is 11.8 Å². The van der Waals surface area contributed by atoms with Gasteiger partial charge in [-0.1, -0.05) is 13.3 Å². The Morgan fingerprint density at radius 1 is 1.35 bits per heavy atom. The number of phenols is 3. The number of hydrogen-bond donors (Lipinski definition) is 4. The Morgan fingerprint density at radius 2 is 1.94 bits per heavy atom. The maximum absolute atomic E-state index is 11.5. The highest BCUT2D eigenvalue weighted by Gasteiger charge is 2.12. The summed E-state index contributed by atoms with van der Waals surface area (Å²) in [6.07, 6.45) is 3.21. The molecular formula is C11H14N2O4. The molecule has 0 unspecified atom stereocenters. The first kappa shape index (κ1) is 12.8. The van der Waals surface area contributed by atoms with Crippen molar-refractivity contribution in [3.8, 4) is 17.2 Å². The van der Waals surface area contributed by atoms with Gasteiger partial charge >= 0.3 is 0 Å². The standard InChI is InChI=1S/C11H14N2O4/c1-2-3-4-12-13-11(17)7-5-8(14)10(16)9(15)6-7/h4-6,14-16H,2-3H2,1H3,(H,13,17)/b12-4+. The second-order valence-electron chi connectivity index (χ2n) is 3.40. The topological polar surface area (TPSA) is 102 Å². The number of nitrogens with zero attached hydrogens (tertiary/aromatic N) is 1. The van der Waals surface area contributed by atoms with Gasteiger partial charge in [0.05, 0.1) is 0 Å². The summed E-state index contributed by atoms with van der Waals surface area (Å²) >= 11 is 0. The van der Waals surface area contributed by atoms with E-state index in [1.165, 1.54) is 0 Å². The van der Waals surface area contributed by atoms with Crippen LogP contribution in [-0.4, -0.2) is 27.4 Å². The normalized spacial score (nSPS) is 10.6. The van der Waals surface area contributed by atoms with E-state index >= 15 is 0 Å². The zero-order valence-electron chi connectivity index (χ0n) is 9.34. The molecule has 0 heterocycles. The van der Waals surface area contributed by atoms with Crippen LogP contribution in [0.3, 0.4) is 0 Å². The van der Waals surface area contributed by atoms with Crippen LogP contribution in [0.5, 0.6) is 17.2 Å². The second kappa shape index (κ2) is 5.74. The van der Waals surface area contributed by atoms with Crippen LogP contribution < -0.4 is 5.43 Å². The zero-order chi connectivity index (χ0) is 12.8. The van der Waals surface area contributed by atoms with Crippen LogP contribution in [0.15, 0.2) is 17.2 Å². The van der Waals surface area contributed by atoms with E-state index in [1.54, 1.807) is 6.21 Å². The van der Waals surface area contributed by atoms with Crippen molar-refractivity contribution in [2.24, 2.45) is 5.10 Å². The summed E-state index contributed by atoms with van der Waals surface area (Å²) in [5.41, 5.74) is 2.24. The summed E-state index contributed by atoms with van der Waals surface area (Å²) in [7, 11) is 0. The lowest BCUT2D eigenvalue weighted by molar-refractivity contribution is 0.0954. The first-order chi connectivity index (χ1) is 8.06. The average Bonchev–Trinajstić information content (AvgIpc) is 2.30. The Balaban J connectivity index is 2.76. The number of phenolic OH excluding ortho intramolecular Hbond substituents is 3. The lowest BCUT2D eigenvalue weighted by Crippen LogP contribution is -2.17. The van der Waals surface area contributed by atoms with Crippen molar-refractivity contribution in [3.05, 3.63) is 17.7 Å². The van der Waals surface area contributed by atoms with Gasteiger partial charge in [-0.05, 0) is 18.6 Å². The van der Waals surface area contributed by atoms with Gasteiger partial charge in [-0.25, -0.2) is 5.43 Å². The number of benzene rings is 1. The number of carbonyl (C=O) groups is 1. The van der Waals surface area contributed by atoms with Crippen molar-refractivity contribution in [3.63, 3.8) is 0 Å². The molecule has 4 N–H and O–H groups in total. The number of aromatic hydroxyl groups is 3. The highest BCUT2D eigenvalue weighted by atomic mass is 16.3. The molecule has 0 aliphatic heterocycles. The summed E-state index contributed by atoms with van der Waals surface area (Å²) in [5, 5.41) is 31.2. The van der Waals surface area contributed by atoms with Crippen molar-refractivity contribution in [2.45, 2.75) is 19.8 Å². The van der Waals surface area contributed by atoms with E-state index in [2.05, 4.69) is 10.5 Å². The summed E-state index contributed by atoms with van der Waals surface area (Å²) in [6, 6.07) is 2.08. The average molecular weight is 238 g/mol. The van der Waals surface area contributed by atoms with Crippen molar-refractivity contribution >= 4 is 12.1 Å². The van der Waals surface area contributed by atoms with Gasteiger partial charge in [0.1, 0.15) is 0 Å². The number of carbonyl (C=O) groups excluding carboxylic acids is 1. The number of unbranched alkanes of at least 4 members (excludes halogenated alkanes) is 1. The molecule has 1 aromatic rings. The maximum Gasteiger partial charge on any atom is 0.271 e. The van der Waals surface area contributed by atoms with Crippen LogP contribution in [0.2, 0.25) is 0 Å². The number of hydrazone groups is 1. The summed E-state index contributed by atoms with van der Waals surface area (Å²) in [4.78, 5) is 11.5. The van der Waals surface area contributed by atoms with Crippen LogP contribution in [-0.2, 0) is 0 Å². The van der Waals surface area contributed by atoms with Crippen LogP contribution in [0.1, 0.15) is 30.1 Å². The lowest BCUT2D eigenvalue weighted by Gasteiger charge is -2.04. The van der Waals surface area contributed by atoms with Crippen LogP contribution in [0, 0.1) is 0 Å². The van der Waals surface area contributed by atoms with Crippen LogP contribution >= 0.6 is 0 Å². The third-order valence-corrected chi connectivity index (χ3v) is 2.01. The van der Waals surface area contributed by atoms with E-state index in [-0.39, 0.29) is 5.56 Å². The molecule has 0 saturated carbocycles. The zero-order valence-corrected chi connectivity index (χ0v) is 9.34. The molecule has 0 bridgehead atoms. The Morgan fingerprint density at radius 3 is 2.47 bits per heavy atom. The van der Waals surface area contributed by atoms with Crippen molar-refractivity contribution < 1.29 is 20.1 Å². The molecule has 92 valence electrons. The van der Waals surface area contributed by atoms with Crippen LogP contribution in [0.25, 0.3) is 0 Å². The van der Waals surface area contributed by atoms with Crippen molar-refractivity contribution in [1.29, 1.82) is 0 Å². The van der Waals surface area contributed by atoms with Crippen LogP contribution in [0.4, 0.5) is 0 Å². The predicted molar refractivity (Wildman–Crippen MR) is 62.3 cm³/mol. The SMILES string of the molecule is CCC/C=N/NC(=O)c1cc(O)c(O)c(O)c1. The quantitative estimate of drug-likeness (QED) is 0.361. The smallest absolute Gasteiger partial charge is 0.271 e. The maximum atomic E-state index is 11.5. The fourth-order valence-electron chi connectivity index (χ4n) is 1.10. The molecule has 6 nitrogen and oxygen atoms in total. The van der Waals surface area contributed by atoms with E-state index in [1.807, 2.05) is 6.92 Å². The minimum Gasteiger partial charge on any atom is -0.504 e. The molecule has 17 heavy (non-hydrogen) atoms. The fourth-order valence-corrected chi connectivity index (χ4v) is 1.10. The van der Waals surface area contributed by atoms with E-state index in [0.717, 1.165) is 25.0 Å². The van der Waals surface area contributed by atoms with Gasteiger partial charge in [-0.15, -0.1) is 0 Å². The molecule has 1 amide bonds. The molecule has 0 aliphatic carbocycles. The minimum absolute atomic E-state index is 0.00597. The van der Waals surface area contributed by atoms with Gasteiger partial charge in [0.15, 0.2) is 17.2 Å². The fraction of sp³-hybridized carbons (Fsp3) is 0.273. The first-order valence-corrected chi connectivity index (χ1v) is 5.13. The molecule has 0 aromatic heterocycles. The molecule has 0 spiro atoms. The Labute approximate surface area is 98.2 Å². The Kier molecular flexibility index (Phi) is 4.33. The molecule has 0 aliphatic rings. The first-order valence-electron chi connectivity index (χ1n) is 5.13. The number of amides is 1. The summed E-state index contributed by atoms with van der Waals surface area (Å²) < 4.78 is 0. The number of nitrogens with one attached hydrogen (secondary N) is 1. The number of rotatable bonds is 4. The summed E-state index contributed by atoms with van der Waals surface area (Å²) in [5.74, 6) is -2.36. The van der Waals surface area contributed by atoms with Crippen molar-refractivity contribution in [1.82, 2.24) is 5.43 Å². The third-order valence-electron chi connectivity index (χ3n) is 2.01. The molecule has 6 heteroatoms. The Hall–Kier alpha value is -2.24. The van der Waals surface area contributed by atoms with Gasteiger partial charge in [-0.3, -0.25) is 4.79 Å². The Bertz CT molecular complexity index is 420. The summed E-state index contributed by atoms with van der Waals surface area (Å²) in [6.45, 7) is 1.98. The predicted octanol–water partition coefficient (Wildman–Crippen LogP) is 1.32. The van der Waals surface area contributed by atoms with E-state index in [4.69, 9.17) is 5.11 Å². The molecule has 0 saturated heterocycles. The highest BCUT2D eigenvalue weighted by molar-refractivity contribution is 5.95. The van der Waals surface area contributed by atoms with Gasteiger partial charge in [0.25, 0.3) is 5.91 Å². The highest BCUT2D eigenvalue weighted by Crippen LogP contribution is 2.35. The monoisotopic (exact) mass is 238 g/mol. The molecule has 0 fully saturated rings. The van der Waals surface area contributed by atoms with E-state index in [0.29, 0.717) is 0 Å². The lowest BCUT2D eigenvalue weighted by atomic mass is 10.2. The largest absolute Gasteiger partial charge is 0.504 e. The van der Waals surface area contributed by atoms with Gasteiger partial charge in [0.2, 0.25) is 0 Å². The molecule has 1 aromatic carbocycles. The number of hydrogen-bond acceptors (Lipinski definition) is 5. The molecule has 1 rings (SSSR count). The molecular weight excluding hydrogens is 224 g/mol. The van der Waals surface area contributed by atoms with Gasteiger partial charge < -0.3 is 15.3 Å². The third kappa shape index (κ3) is 3.37. The minimum atomic E-state index is -0.656. The van der Waals surface area contributed by atoms with Gasteiger partial charge in [-0.2, -0.15) is 5.10 Å². The van der Waals surface area contributed by atoms with Crippen molar-refractivity contribution in [2.75, 3.05) is 0 Å².